The molecule has 3 heteroatoms. The predicted octanol–water partition coefficient (Wildman–Crippen LogP) is 3.28. The molecule has 0 aliphatic carbocycles. The van der Waals surface area contributed by atoms with Crippen LogP contribution in [0.15, 0.2) is 12.1 Å². The quantitative estimate of drug-likeness (QED) is 0.741. The summed E-state index contributed by atoms with van der Waals surface area (Å²) >= 11 is 7.62. The topological polar surface area (TPSA) is 12.0 Å². The van der Waals surface area contributed by atoms with E-state index in [1.54, 1.807) is 0 Å². The maximum Gasteiger partial charge on any atom is 0.0299 e. The van der Waals surface area contributed by atoms with Gasteiger partial charge in [-0.2, -0.15) is 0 Å². The van der Waals surface area contributed by atoms with Crippen molar-refractivity contribution in [1.82, 2.24) is 5.32 Å². The summed E-state index contributed by atoms with van der Waals surface area (Å²) in [6, 6.07) is 4.43. The van der Waals surface area contributed by atoms with Crippen LogP contribution < -0.4 is 5.32 Å². The van der Waals surface area contributed by atoms with Gasteiger partial charge in [0.05, 0.1) is 0 Å². The van der Waals surface area contributed by atoms with E-state index in [0.29, 0.717) is 5.92 Å². The van der Waals surface area contributed by atoms with Crippen LogP contribution >= 0.6 is 22.9 Å². The predicted molar refractivity (Wildman–Crippen MR) is 65.3 cm³/mol. The number of nitrogens with one attached hydrogen (secondary N) is 1. The van der Waals surface area contributed by atoms with Gasteiger partial charge in [-0.3, -0.25) is 0 Å². The zero-order valence-corrected chi connectivity index (χ0v) is 10.4. The van der Waals surface area contributed by atoms with Gasteiger partial charge in [-0.15, -0.1) is 22.9 Å². The van der Waals surface area contributed by atoms with Crippen LogP contribution in [-0.4, -0.2) is 12.4 Å². The molecule has 1 aromatic heterocycles. The van der Waals surface area contributed by atoms with E-state index in [9.17, 15) is 0 Å². The highest BCUT2D eigenvalue weighted by molar-refractivity contribution is 7.11. The summed E-state index contributed by atoms with van der Waals surface area (Å²) in [4.78, 5) is 2.89. The van der Waals surface area contributed by atoms with E-state index in [-0.39, 0.29) is 0 Å². The fourth-order valence-electron chi connectivity index (χ4n) is 1.20. The van der Waals surface area contributed by atoms with Crippen LogP contribution in [0.2, 0.25) is 0 Å². The van der Waals surface area contributed by atoms with E-state index in [2.05, 4.69) is 31.3 Å². The minimum atomic E-state index is 0.558. The van der Waals surface area contributed by atoms with Crippen molar-refractivity contribution >= 4 is 22.9 Å². The summed E-state index contributed by atoms with van der Waals surface area (Å²) < 4.78 is 0. The first-order valence-corrected chi connectivity index (χ1v) is 6.45. The zero-order chi connectivity index (χ0) is 10.4. The summed E-state index contributed by atoms with van der Waals surface area (Å²) in [6.07, 6.45) is 1.14. The average Bonchev–Trinajstić information content (AvgIpc) is 2.65. The molecule has 0 saturated heterocycles. The molecule has 1 rings (SSSR count). The third kappa shape index (κ3) is 3.99. The fourth-order valence-corrected chi connectivity index (χ4v) is 2.24. The lowest BCUT2D eigenvalue weighted by atomic mass is 10.2. The molecule has 14 heavy (non-hydrogen) atoms. The van der Waals surface area contributed by atoms with E-state index in [1.165, 1.54) is 9.75 Å². The van der Waals surface area contributed by atoms with Crippen molar-refractivity contribution in [2.45, 2.75) is 26.8 Å². The molecule has 0 aromatic carbocycles. The van der Waals surface area contributed by atoms with E-state index >= 15 is 0 Å². The molecule has 1 N–H and O–H groups in total. The van der Waals surface area contributed by atoms with Crippen LogP contribution in [0.1, 0.15) is 23.6 Å². The summed E-state index contributed by atoms with van der Waals surface area (Å²) in [5, 5.41) is 3.42. The maximum atomic E-state index is 5.72. The van der Waals surface area contributed by atoms with Gasteiger partial charge < -0.3 is 5.32 Å². The summed E-state index contributed by atoms with van der Waals surface area (Å²) in [7, 11) is 0. The van der Waals surface area contributed by atoms with Gasteiger partial charge in [0.25, 0.3) is 0 Å². The van der Waals surface area contributed by atoms with Crippen LogP contribution in [0.25, 0.3) is 0 Å². The summed E-state index contributed by atoms with van der Waals surface area (Å²) in [5.74, 6) is 1.29. The Labute approximate surface area is 95.5 Å². The van der Waals surface area contributed by atoms with Crippen LogP contribution in [0.3, 0.4) is 0 Å². The molecule has 1 atom stereocenters. The number of rotatable bonds is 6. The first-order chi connectivity index (χ1) is 6.76. The third-order valence-electron chi connectivity index (χ3n) is 2.12. The number of alkyl halides is 1. The average molecular weight is 232 g/mol. The van der Waals surface area contributed by atoms with Gasteiger partial charge in [0.1, 0.15) is 0 Å². The number of hydrogen-bond acceptors (Lipinski definition) is 2. The normalized spacial score (nSPS) is 13.1. The highest BCUT2D eigenvalue weighted by Gasteiger charge is 2.01. The maximum absolute atomic E-state index is 5.72. The summed E-state index contributed by atoms with van der Waals surface area (Å²) in [5.41, 5.74) is 0. The molecule has 0 spiro atoms. The van der Waals surface area contributed by atoms with Crippen LogP contribution in [-0.2, 0) is 13.0 Å². The molecule has 1 aromatic rings. The number of hydrogen-bond donors (Lipinski definition) is 1. The number of aryl methyl sites for hydroxylation is 1. The Bertz CT molecular complexity index is 260. The van der Waals surface area contributed by atoms with Gasteiger partial charge in [0, 0.05) is 22.2 Å². The lowest BCUT2D eigenvalue weighted by Crippen LogP contribution is -2.20. The third-order valence-corrected chi connectivity index (χ3v) is 3.88. The van der Waals surface area contributed by atoms with Crippen molar-refractivity contribution in [2.24, 2.45) is 5.92 Å². The van der Waals surface area contributed by atoms with Gasteiger partial charge in [0.2, 0.25) is 0 Å². The minimum Gasteiger partial charge on any atom is -0.312 e. The second-order valence-electron chi connectivity index (χ2n) is 3.61. The molecule has 0 amide bonds. The van der Waals surface area contributed by atoms with Gasteiger partial charge in [-0.1, -0.05) is 13.8 Å². The summed E-state index contributed by atoms with van der Waals surface area (Å²) in [6.45, 7) is 6.33. The Balaban J connectivity index is 2.24. The Hall–Kier alpha value is -0.0500. The smallest absolute Gasteiger partial charge is 0.0299 e. The van der Waals surface area contributed by atoms with Crippen molar-refractivity contribution in [1.29, 1.82) is 0 Å². The lowest BCUT2D eigenvalue weighted by molar-refractivity contribution is 0.559. The van der Waals surface area contributed by atoms with Crippen LogP contribution in [0.4, 0.5) is 0 Å². The van der Waals surface area contributed by atoms with Crippen LogP contribution in [0, 0.1) is 5.92 Å². The molecule has 0 aliphatic heterocycles. The number of thiophene rings is 1. The molecule has 0 radical (unpaired) electrons. The molecule has 0 bridgehead atoms. The largest absolute Gasteiger partial charge is 0.312 e. The molecule has 0 aliphatic rings. The SMILES string of the molecule is CCc1ccc(CNCC(C)CCl)s1. The second-order valence-corrected chi connectivity index (χ2v) is 5.17. The molecule has 1 nitrogen and oxygen atoms in total. The highest BCUT2D eigenvalue weighted by Crippen LogP contribution is 2.16. The van der Waals surface area contributed by atoms with Gasteiger partial charge in [0.15, 0.2) is 0 Å². The Morgan fingerprint density at radius 3 is 2.71 bits per heavy atom. The van der Waals surface area contributed by atoms with E-state index in [1.807, 2.05) is 11.3 Å². The van der Waals surface area contributed by atoms with E-state index in [4.69, 9.17) is 11.6 Å². The van der Waals surface area contributed by atoms with Crippen molar-refractivity contribution in [3.8, 4) is 0 Å². The van der Waals surface area contributed by atoms with Gasteiger partial charge >= 0.3 is 0 Å². The standard InChI is InChI=1S/C11H18ClNS/c1-3-10-4-5-11(14-10)8-13-7-9(2)6-12/h4-5,9,13H,3,6-8H2,1-2H3. The molecule has 1 unspecified atom stereocenters. The first kappa shape index (κ1) is 12.0. The molecule has 0 fully saturated rings. The Kier molecular flexibility index (Phi) is 5.53. The second kappa shape index (κ2) is 6.44. The van der Waals surface area contributed by atoms with Gasteiger partial charge in [-0.05, 0) is 31.0 Å². The Morgan fingerprint density at radius 1 is 1.43 bits per heavy atom. The van der Waals surface area contributed by atoms with Crippen molar-refractivity contribution in [3.63, 3.8) is 0 Å². The molecular formula is C11H18ClNS. The molecular weight excluding hydrogens is 214 g/mol. The fraction of sp³-hybridized carbons (Fsp3) is 0.636. The van der Waals surface area contributed by atoms with Crippen molar-refractivity contribution in [3.05, 3.63) is 21.9 Å². The molecule has 0 saturated carbocycles. The monoisotopic (exact) mass is 231 g/mol. The van der Waals surface area contributed by atoms with Crippen molar-refractivity contribution in [2.75, 3.05) is 12.4 Å². The first-order valence-electron chi connectivity index (χ1n) is 5.10. The lowest BCUT2D eigenvalue weighted by Gasteiger charge is -2.07. The van der Waals surface area contributed by atoms with Crippen LogP contribution in [0.5, 0.6) is 0 Å². The van der Waals surface area contributed by atoms with Gasteiger partial charge in [-0.25, -0.2) is 0 Å². The molecule has 1 heterocycles. The highest BCUT2D eigenvalue weighted by atomic mass is 35.5. The molecule has 80 valence electrons. The minimum absolute atomic E-state index is 0.558. The van der Waals surface area contributed by atoms with E-state index in [0.717, 1.165) is 25.4 Å². The Morgan fingerprint density at radius 2 is 2.14 bits per heavy atom. The van der Waals surface area contributed by atoms with E-state index < -0.39 is 0 Å². The number of halogens is 1. The van der Waals surface area contributed by atoms with Crippen molar-refractivity contribution < 1.29 is 0 Å². The zero-order valence-electron chi connectivity index (χ0n) is 8.85.